The predicted octanol–water partition coefficient (Wildman–Crippen LogP) is 10.8. The van der Waals surface area contributed by atoms with Crippen LogP contribution in [-0.2, 0) is 0 Å². The number of fused-ring (bicyclic) bond motifs is 6. The summed E-state index contributed by atoms with van der Waals surface area (Å²) in [5.41, 5.74) is 10.2. The molecule has 9 rings (SSSR count). The van der Waals surface area contributed by atoms with E-state index in [-0.39, 0.29) is 0 Å². The van der Waals surface area contributed by atoms with Crippen LogP contribution in [0.25, 0.3) is 81.6 Å². The van der Waals surface area contributed by atoms with E-state index in [1.807, 2.05) is 54.6 Å². The van der Waals surface area contributed by atoms with Crippen LogP contribution >= 0.6 is 11.3 Å². The van der Waals surface area contributed by atoms with Gasteiger partial charge in [0.1, 0.15) is 0 Å². The predicted molar refractivity (Wildman–Crippen MR) is 190 cm³/mol. The highest BCUT2D eigenvalue weighted by atomic mass is 32.1. The number of hydrogen-bond donors (Lipinski definition) is 0. The van der Waals surface area contributed by atoms with Gasteiger partial charge in [0.15, 0.2) is 5.82 Å². The number of nitrogens with zero attached hydrogens (tertiary/aromatic N) is 4. The SMILES string of the molecule is N#Cc1ccc(-c2nc(-c3ccccc3)nc3c2sc2c(-c4cccc(-n5c6ccccc6c6ccccc65)c4)cccc23)cc1. The Bertz CT molecular complexity index is 2590. The van der Waals surface area contributed by atoms with Crippen molar-refractivity contribution >= 4 is 53.4 Å². The van der Waals surface area contributed by atoms with Crippen molar-refractivity contribution in [3.63, 3.8) is 0 Å². The standard InChI is InChI=1S/C41H24N4S/c42-25-26-20-22-27(23-21-26)37-40-38(44-41(43-37)28-10-2-1-3-11-28)34-17-9-16-31(39(34)46-40)29-12-8-13-30(24-29)45-35-18-6-4-14-32(35)33-15-5-7-19-36(33)45/h1-24H. The van der Waals surface area contributed by atoms with Crippen LogP contribution in [0.15, 0.2) is 146 Å². The first kappa shape index (κ1) is 26.3. The van der Waals surface area contributed by atoms with Gasteiger partial charge in [0.05, 0.1) is 38.6 Å². The monoisotopic (exact) mass is 604 g/mol. The quantitative estimate of drug-likeness (QED) is 0.201. The molecule has 4 nitrogen and oxygen atoms in total. The maximum atomic E-state index is 9.41. The molecule has 0 fully saturated rings. The van der Waals surface area contributed by atoms with Gasteiger partial charge in [-0.05, 0) is 47.5 Å². The number of rotatable bonds is 4. The second kappa shape index (κ2) is 10.5. The molecule has 6 aromatic carbocycles. The summed E-state index contributed by atoms with van der Waals surface area (Å²) in [6.07, 6.45) is 0. The molecule has 0 bridgehead atoms. The van der Waals surface area contributed by atoms with Crippen molar-refractivity contribution in [2.45, 2.75) is 0 Å². The summed E-state index contributed by atoms with van der Waals surface area (Å²) in [5.74, 6) is 0.686. The van der Waals surface area contributed by atoms with Crippen LogP contribution in [0.2, 0.25) is 0 Å². The van der Waals surface area contributed by atoms with Crippen molar-refractivity contribution in [1.82, 2.24) is 14.5 Å². The number of hydrogen-bond acceptors (Lipinski definition) is 4. The Morgan fingerprint density at radius 2 is 1.20 bits per heavy atom. The van der Waals surface area contributed by atoms with E-state index in [2.05, 4.69) is 102 Å². The first-order chi connectivity index (χ1) is 22.8. The van der Waals surface area contributed by atoms with E-state index in [4.69, 9.17) is 9.97 Å². The van der Waals surface area contributed by atoms with E-state index in [0.29, 0.717) is 11.4 Å². The third kappa shape index (κ3) is 4.12. The van der Waals surface area contributed by atoms with Crippen molar-refractivity contribution in [2.24, 2.45) is 0 Å². The summed E-state index contributed by atoms with van der Waals surface area (Å²) in [6.45, 7) is 0. The summed E-state index contributed by atoms with van der Waals surface area (Å²) >= 11 is 1.73. The lowest BCUT2D eigenvalue weighted by atomic mass is 10.0. The van der Waals surface area contributed by atoms with E-state index >= 15 is 0 Å². The molecule has 0 atom stereocenters. The van der Waals surface area contributed by atoms with Gasteiger partial charge in [-0.25, -0.2) is 9.97 Å². The molecule has 9 aromatic rings. The molecule has 214 valence electrons. The minimum Gasteiger partial charge on any atom is -0.309 e. The van der Waals surface area contributed by atoms with Crippen molar-refractivity contribution in [2.75, 3.05) is 0 Å². The summed E-state index contributed by atoms with van der Waals surface area (Å²) in [5, 5.41) is 13.0. The number of aromatic nitrogens is 3. The zero-order chi connectivity index (χ0) is 30.6. The average molecular weight is 605 g/mol. The Kier molecular flexibility index (Phi) is 6.02. The Morgan fingerprint density at radius 1 is 0.543 bits per heavy atom. The van der Waals surface area contributed by atoms with Gasteiger partial charge in [-0.15, -0.1) is 11.3 Å². The molecule has 3 aromatic heterocycles. The maximum absolute atomic E-state index is 9.41. The van der Waals surface area contributed by atoms with Crippen LogP contribution in [0.3, 0.4) is 0 Å². The van der Waals surface area contributed by atoms with E-state index in [1.54, 1.807) is 11.3 Å². The third-order valence-electron chi connectivity index (χ3n) is 8.65. The zero-order valence-corrected chi connectivity index (χ0v) is 25.4. The fraction of sp³-hybridized carbons (Fsp3) is 0. The third-order valence-corrected chi connectivity index (χ3v) is 9.89. The average Bonchev–Trinajstić information content (AvgIpc) is 3.68. The van der Waals surface area contributed by atoms with E-state index < -0.39 is 0 Å². The Labute approximate surface area is 269 Å². The van der Waals surface area contributed by atoms with Gasteiger partial charge >= 0.3 is 0 Å². The van der Waals surface area contributed by atoms with Gasteiger partial charge in [0, 0.05) is 37.7 Å². The van der Waals surface area contributed by atoms with E-state index in [0.717, 1.165) is 49.2 Å². The van der Waals surface area contributed by atoms with Crippen LogP contribution in [0.4, 0.5) is 0 Å². The van der Waals surface area contributed by atoms with Gasteiger partial charge in [0.2, 0.25) is 0 Å². The van der Waals surface area contributed by atoms with Crippen LogP contribution in [-0.4, -0.2) is 14.5 Å². The van der Waals surface area contributed by atoms with Crippen LogP contribution in [0, 0.1) is 11.3 Å². The lowest BCUT2D eigenvalue weighted by molar-refractivity contribution is 1.18. The Balaban J connectivity index is 1.28. The lowest BCUT2D eigenvalue weighted by Crippen LogP contribution is -1.94. The van der Waals surface area contributed by atoms with Crippen LogP contribution in [0.5, 0.6) is 0 Å². The second-order valence-corrected chi connectivity index (χ2v) is 12.4. The number of nitriles is 1. The largest absolute Gasteiger partial charge is 0.309 e. The zero-order valence-electron chi connectivity index (χ0n) is 24.6. The summed E-state index contributed by atoms with van der Waals surface area (Å²) < 4.78 is 4.57. The summed E-state index contributed by atoms with van der Waals surface area (Å²) in [4.78, 5) is 10.3. The molecule has 46 heavy (non-hydrogen) atoms. The van der Waals surface area contributed by atoms with Crippen molar-refractivity contribution in [3.8, 4) is 45.5 Å². The Hall–Kier alpha value is -6.09. The molecule has 3 heterocycles. The van der Waals surface area contributed by atoms with Gasteiger partial charge in [0.25, 0.3) is 0 Å². The minimum absolute atomic E-state index is 0.624. The molecule has 0 saturated heterocycles. The molecule has 0 N–H and O–H groups in total. The van der Waals surface area contributed by atoms with Gasteiger partial charge < -0.3 is 4.57 Å². The second-order valence-electron chi connectivity index (χ2n) is 11.3. The van der Waals surface area contributed by atoms with Crippen LogP contribution < -0.4 is 0 Å². The summed E-state index contributed by atoms with van der Waals surface area (Å²) in [6, 6.07) is 52.6. The molecule has 0 spiro atoms. The normalized spacial score (nSPS) is 11.5. The molecule has 0 radical (unpaired) electrons. The topological polar surface area (TPSA) is 54.5 Å². The molecule has 0 saturated carbocycles. The molecule has 0 aliphatic rings. The highest BCUT2D eigenvalue weighted by Gasteiger charge is 2.19. The van der Waals surface area contributed by atoms with Crippen molar-refractivity contribution < 1.29 is 0 Å². The van der Waals surface area contributed by atoms with Gasteiger partial charge in [-0.1, -0.05) is 109 Å². The highest BCUT2D eigenvalue weighted by molar-refractivity contribution is 7.26. The van der Waals surface area contributed by atoms with Crippen molar-refractivity contribution in [1.29, 1.82) is 5.26 Å². The smallest absolute Gasteiger partial charge is 0.160 e. The molecular formula is C41H24N4S. The fourth-order valence-electron chi connectivity index (χ4n) is 6.52. The van der Waals surface area contributed by atoms with Crippen molar-refractivity contribution in [3.05, 3.63) is 151 Å². The first-order valence-electron chi connectivity index (χ1n) is 15.1. The Morgan fingerprint density at radius 3 is 1.93 bits per heavy atom. The molecule has 0 amide bonds. The highest BCUT2D eigenvalue weighted by Crippen LogP contribution is 2.44. The van der Waals surface area contributed by atoms with E-state index in [9.17, 15) is 5.26 Å². The van der Waals surface area contributed by atoms with E-state index in [1.165, 1.54) is 26.5 Å². The summed E-state index contributed by atoms with van der Waals surface area (Å²) in [7, 11) is 0. The van der Waals surface area contributed by atoms with Gasteiger partial charge in [-0.3, -0.25) is 0 Å². The first-order valence-corrected chi connectivity index (χ1v) is 16.0. The lowest BCUT2D eigenvalue weighted by Gasteiger charge is -2.11. The fourth-order valence-corrected chi connectivity index (χ4v) is 7.81. The maximum Gasteiger partial charge on any atom is 0.160 e. The van der Waals surface area contributed by atoms with Gasteiger partial charge in [-0.2, -0.15) is 5.26 Å². The number of para-hydroxylation sites is 2. The molecule has 0 unspecified atom stereocenters. The number of benzene rings is 6. The minimum atomic E-state index is 0.624. The molecule has 5 heteroatoms. The molecular weight excluding hydrogens is 581 g/mol. The van der Waals surface area contributed by atoms with Crippen LogP contribution in [0.1, 0.15) is 5.56 Å². The number of thiophene rings is 1. The molecule has 0 aliphatic heterocycles. The molecule has 0 aliphatic carbocycles.